The van der Waals surface area contributed by atoms with E-state index in [4.69, 9.17) is 21.1 Å². The second-order valence-electron chi connectivity index (χ2n) is 13.3. The second kappa shape index (κ2) is 15.8. The summed E-state index contributed by atoms with van der Waals surface area (Å²) in [6.07, 6.45) is 6.54. The van der Waals surface area contributed by atoms with Crippen molar-refractivity contribution in [2.24, 2.45) is 11.8 Å². The number of ether oxygens (including phenoxy) is 2. The van der Waals surface area contributed by atoms with Gasteiger partial charge in [0.25, 0.3) is 0 Å². The first kappa shape index (κ1) is 33.7. The molecule has 3 aromatic rings. The van der Waals surface area contributed by atoms with Gasteiger partial charge in [0, 0.05) is 38.8 Å². The highest BCUT2D eigenvalue weighted by atomic mass is 35.5. The molecule has 1 aromatic heterocycles. The Morgan fingerprint density at radius 2 is 1.72 bits per heavy atom. The lowest BCUT2D eigenvalue weighted by atomic mass is 9.93. The van der Waals surface area contributed by atoms with Gasteiger partial charge in [-0.2, -0.15) is 0 Å². The number of likely N-dealkylation sites (tertiary alicyclic amines) is 1. The summed E-state index contributed by atoms with van der Waals surface area (Å²) in [7, 11) is 0. The fourth-order valence-electron chi connectivity index (χ4n) is 7.14. The summed E-state index contributed by atoms with van der Waals surface area (Å²) in [5.41, 5.74) is -0.205. The van der Waals surface area contributed by atoms with E-state index in [1.165, 1.54) is 11.3 Å². The van der Waals surface area contributed by atoms with E-state index >= 15 is 0 Å². The van der Waals surface area contributed by atoms with Gasteiger partial charge in [-0.15, -0.1) is 0 Å². The van der Waals surface area contributed by atoms with Crippen LogP contribution in [0.25, 0.3) is 10.1 Å². The van der Waals surface area contributed by atoms with Crippen LogP contribution in [0.2, 0.25) is 5.02 Å². The van der Waals surface area contributed by atoms with E-state index in [-0.39, 0.29) is 11.8 Å². The zero-order valence-electron chi connectivity index (χ0n) is 26.8. The van der Waals surface area contributed by atoms with Crippen LogP contribution < -0.4 is 20.7 Å². The number of hydrogen-bond acceptors (Lipinski definition) is 7. The molecule has 3 aliphatic rings. The van der Waals surface area contributed by atoms with Gasteiger partial charge >= 0.3 is 6.09 Å². The number of nitrogens with zero attached hydrogens (tertiary/aromatic N) is 1. The van der Waals surface area contributed by atoms with Gasteiger partial charge in [0.2, 0.25) is 11.8 Å². The number of hydrogen-bond donors (Lipinski definition) is 3. The second-order valence-corrected chi connectivity index (χ2v) is 14.7. The lowest BCUT2D eigenvalue weighted by molar-refractivity contribution is -0.132. The quantitative estimate of drug-likeness (QED) is 0.232. The molecule has 2 saturated heterocycles. The summed E-state index contributed by atoms with van der Waals surface area (Å²) in [5, 5.41) is 10.9. The zero-order valence-corrected chi connectivity index (χ0v) is 28.4. The van der Waals surface area contributed by atoms with E-state index in [0.717, 1.165) is 92.9 Å². The Hall–Kier alpha value is -3.18. The highest BCUT2D eigenvalue weighted by Gasteiger charge is 2.44. The van der Waals surface area contributed by atoms with Gasteiger partial charge in [-0.1, -0.05) is 78.2 Å². The van der Waals surface area contributed by atoms with Crippen molar-refractivity contribution in [1.82, 2.24) is 20.9 Å². The van der Waals surface area contributed by atoms with Crippen LogP contribution in [0, 0.1) is 11.8 Å². The van der Waals surface area contributed by atoms with Gasteiger partial charge < -0.3 is 30.3 Å². The third-order valence-electron chi connectivity index (χ3n) is 9.93. The molecule has 3 N–H and O–H groups in total. The van der Waals surface area contributed by atoms with Crippen LogP contribution in [0.1, 0.15) is 56.9 Å². The van der Waals surface area contributed by atoms with Crippen LogP contribution >= 0.6 is 22.9 Å². The molecule has 1 aliphatic carbocycles. The van der Waals surface area contributed by atoms with Gasteiger partial charge in [-0.3, -0.25) is 9.59 Å². The predicted molar refractivity (Wildman–Crippen MR) is 185 cm³/mol. The van der Waals surface area contributed by atoms with Gasteiger partial charge in [0.1, 0.15) is 11.6 Å². The van der Waals surface area contributed by atoms with Gasteiger partial charge in [-0.25, -0.2) is 4.79 Å². The molecule has 0 unspecified atom stereocenters. The minimum absolute atomic E-state index is 0.204. The standard InChI is InChI=1S/C36H45ClN4O5S/c37-29-10-6-9-28-22-31(47-32(28)29)46-35(44)40-36(15-4-5-16-36)34(43)39-30(21-25-7-2-1-3-8-25)33(42)38-23-26-11-17-41(18-12-26)24-27-13-19-45-20-14-27/h1-3,6-10,22,26-27,30H,4-5,11-21,23-24H2,(H,38,42)(H,39,43)(H,40,44)/t30-/m1/s1. The maximum atomic E-state index is 14.0. The van der Waals surface area contributed by atoms with E-state index in [2.05, 4.69) is 20.9 Å². The van der Waals surface area contributed by atoms with Crippen molar-refractivity contribution in [3.05, 3.63) is 65.2 Å². The van der Waals surface area contributed by atoms with Crippen molar-refractivity contribution in [3.63, 3.8) is 0 Å². The van der Waals surface area contributed by atoms with Crippen LogP contribution in [0.15, 0.2) is 54.6 Å². The van der Waals surface area contributed by atoms with Gasteiger partial charge in [-0.05, 0) is 80.5 Å². The number of halogens is 1. The van der Waals surface area contributed by atoms with E-state index in [0.29, 0.717) is 41.8 Å². The molecule has 3 heterocycles. The van der Waals surface area contributed by atoms with Gasteiger partial charge in [0.15, 0.2) is 5.06 Å². The smallest absolute Gasteiger partial charge is 0.399 e. The third-order valence-corrected chi connectivity index (χ3v) is 11.4. The molecule has 9 nitrogen and oxygen atoms in total. The van der Waals surface area contributed by atoms with Crippen molar-refractivity contribution in [2.75, 3.05) is 39.4 Å². The molecule has 0 spiro atoms. The highest BCUT2D eigenvalue weighted by molar-refractivity contribution is 7.21. The molecule has 2 aliphatic heterocycles. The minimum Gasteiger partial charge on any atom is -0.399 e. The van der Waals surface area contributed by atoms with Crippen molar-refractivity contribution < 1.29 is 23.9 Å². The Morgan fingerprint density at radius 3 is 2.45 bits per heavy atom. The first-order valence-corrected chi connectivity index (χ1v) is 18.2. The van der Waals surface area contributed by atoms with Crippen molar-refractivity contribution in [2.45, 2.75) is 69.4 Å². The Bertz CT molecular complexity index is 1510. The minimum atomic E-state index is -1.15. The molecule has 0 radical (unpaired) electrons. The normalized spacial score (nSPS) is 19.7. The molecule has 2 aromatic carbocycles. The van der Waals surface area contributed by atoms with Crippen LogP contribution in [-0.4, -0.2) is 73.8 Å². The summed E-state index contributed by atoms with van der Waals surface area (Å²) in [6.45, 7) is 5.55. The van der Waals surface area contributed by atoms with Crippen molar-refractivity contribution in [1.29, 1.82) is 0 Å². The molecule has 1 atom stereocenters. The number of rotatable bonds is 11. The van der Waals surface area contributed by atoms with Crippen LogP contribution in [-0.2, 0) is 20.7 Å². The Labute approximate surface area is 285 Å². The number of carbonyl (C=O) groups is 3. The number of benzene rings is 2. The summed E-state index contributed by atoms with van der Waals surface area (Å²) in [5.74, 6) is 0.560. The molecular formula is C36H45ClN4O5S. The molecule has 3 amide bonds. The van der Waals surface area contributed by atoms with Crippen LogP contribution in [0.5, 0.6) is 5.06 Å². The zero-order chi connectivity index (χ0) is 32.6. The fraction of sp³-hybridized carbons (Fsp3) is 0.528. The summed E-state index contributed by atoms with van der Waals surface area (Å²) in [4.78, 5) is 43.3. The average Bonchev–Trinajstić information content (AvgIpc) is 3.73. The van der Waals surface area contributed by atoms with E-state index < -0.39 is 17.7 Å². The number of thiophene rings is 1. The summed E-state index contributed by atoms with van der Waals surface area (Å²) >= 11 is 7.59. The van der Waals surface area contributed by atoms with E-state index in [1.807, 2.05) is 42.5 Å². The average molecular weight is 681 g/mol. The summed E-state index contributed by atoms with van der Waals surface area (Å²) in [6, 6.07) is 16.2. The Balaban J connectivity index is 1.06. The SMILES string of the molecule is O=C(NC1(C(=O)N[C@H](Cc2ccccc2)C(=O)NCC2CCN(CC3CCOCC3)CC2)CCCC1)Oc1cc2cccc(Cl)c2s1. The third kappa shape index (κ3) is 8.84. The molecule has 1 saturated carbocycles. The van der Waals surface area contributed by atoms with Gasteiger partial charge in [0.05, 0.1) is 9.72 Å². The molecular weight excluding hydrogens is 636 g/mol. The maximum absolute atomic E-state index is 14.0. The van der Waals surface area contributed by atoms with Crippen LogP contribution in [0.3, 0.4) is 0 Å². The van der Waals surface area contributed by atoms with E-state index in [1.54, 1.807) is 12.1 Å². The first-order valence-electron chi connectivity index (χ1n) is 17.0. The lowest BCUT2D eigenvalue weighted by Crippen LogP contribution is -2.61. The largest absolute Gasteiger partial charge is 0.414 e. The van der Waals surface area contributed by atoms with Crippen molar-refractivity contribution >= 4 is 50.9 Å². The van der Waals surface area contributed by atoms with E-state index in [9.17, 15) is 14.4 Å². The molecule has 3 fully saturated rings. The first-order chi connectivity index (χ1) is 22.9. The predicted octanol–water partition coefficient (Wildman–Crippen LogP) is 5.94. The molecule has 0 bridgehead atoms. The molecule has 6 rings (SSSR count). The molecule has 11 heteroatoms. The topological polar surface area (TPSA) is 109 Å². The maximum Gasteiger partial charge on any atom is 0.414 e. The summed E-state index contributed by atoms with van der Waals surface area (Å²) < 4.78 is 12.0. The van der Waals surface area contributed by atoms with Crippen molar-refractivity contribution in [3.8, 4) is 5.06 Å². The number of piperidine rings is 1. The molecule has 252 valence electrons. The Morgan fingerprint density at radius 1 is 0.979 bits per heavy atom. The highest BCUT2D eigenvalue weighted by Crippen LogP contribution is 2.37. The molecule has 47 heavy (non-hydrogen) atoms. The lowest BCUT2D eigenvalue weighted by Gasteiger charge is -2.35. The number of carbonyl (C=O) groups excluding carboxylic acids is 3. The Kier molecular flexibility index (Phi) is 11.3. The number of nitrogens with one attached hydrogen (secondary N) is 3. The van der Waals surface area contributed by atoms with Crippen LogP contribution in [0.4, 0.5) is 4.79 Å². The number of amides is 3. The monoisotopic (exact) mass is 680 g/mol. The number of fused-ring (bicyclic) bond motifs is 1. The fourth-order valence-corrected chi connectivity index (χ4v) is 8.36.